The summed E-state index contributed by atoms with van der Waals surface area (Å²) in [6, 6.07) is 0. The summed E-state index contributed by atoms with van der Waals surface area (Å²) in [4.78, 5) is 13.5. The summed E-state index contributed by atoms with van der Waals surface area (Å²) in [6.45, 7) is 2.03. The molecule has 0 spiro atoms. The van der Waals surface area contributed by atoms with Crippen molar-refractivity contribution in [3.05, 3.63) is 70.3 Å². The molecule has 0 saturated carbocycles. The van der Waals surface area contributed by atoms with Gasteiger partial charge in [0.2, 0.25) is 0 Å². The minimum atomic E-state index is 0.153. The van der Waals surface area contributed by atoms with Gasteiger partial charge in [0, 0.05) is 11.3 Å². The van der Waals surface area contributed by atoms with Gasteiger partial charge in [-0.2, -0.15) is 0 Å². The van der Waals surface area contributed by atoms with Gasteiger partial charge in [-0.3, -0.25) is 4.79 Å². The summed E-state index contributed by atoms with van der Waals surface area (Å²) in [7, 11) is 0. The third-order valence-electron chi connectivity index (χ3n) is 2.95. The Morgan fingerprint density at radius 3 is 3.05 bits per heavy atom. The smallest absolute Gasteiger partial charge is 0.133 e. The lowest BCUT2D eigenvalue weighted by Crippen LogP contribution is -1.99. The Balaban J connectivity index is 1.97. The van der Waals surface area contributed by atoms with Crippen molar-refractivity contribution >= 4 is 17.5 Å². The summed E-state index contributed by atoms with van der Waals surface area (Å²) < 4.78 is 5.67. The van der Waals surface area contributed by atoms with Crippen LogP contribution in [0.1, 0.15) is 26.2 Å². The number of thioether (sulfide) groups is 1. The highest BCUT2D eigenvalue weighted by Crippen LogP contribution is 2.32. The van der Waals surface area contributed by atoms with Gasteiger partial charge in [0.1, 0.15) is 11.5 Å². The van der Waals surface area contributed by atoms with Gasteiger partial charge in [0.25, 0.3) is 0 Å². The fraction of sp³-hybridized carbons (Fsp3) is 0.278. The van der Waals surface area contributed by atoms with Gasteiger partial charge in [-0.05, 0) is 36.8 Å². The van der Waals surface area contributed by atoms with Crippen LogP contribution >= 0.6 is 11.8 Å². The molecule has 0 bridgehead atoms. The van der Waals surface area contributed by atoms with Crippen LogP contribution in [-0.4, -0.2) is 12.4 Å². The minimum Gasteiger partial charge on any atom is -0.493 e. The second-order valence-corrected chi connectivity index (χ2v) is 6.04. The monoisotopic (exact) mass is 300 g/mol. The zero-order valence-electron chi connectivity index (χ0n) is 12.2. The average Bonchev–Trinajstić information content (AvgIpc) is 2.82. The molecule has 0 unspecified atom stereocenters. The van der Waals surface area contributed by atoms with Crippen molar-refractivity contribution in [3.63, 3.8) is 0 Å². The van der Waals surface area contributed by atoms with Gasteiger partial charge < -0.3 is 4.74 Å². The number of hydrogen-bond acceptors (Lipinski definition) is 3. The van der Waals surface area contributed by atoms with Crippen LogP contribution in [0.5, 0.6) is 0 Å². The zero-order chi connectivity index (χ0) is 14.9. The predicted octanol–water partition coefficient (Wildman–Crippen LogP) is 4.84. The molecule has 21 heavy (non-hydrogen) atoms. The SMILES string of the molecule is CC(=O)CCOC1=CC(SC2=CC=CC=CC2)=CCC=C1. The highest BCUT2D eigenvalue weighted by atomic mass is 32.2. The molecule has 0 aromatic rings. The van der Waals surface area contributed by atoms with Crippen LogP contribution in [0.15, 0.2) is 70.3 Å². The van der Waals surface area contributed by atoms with Crippen molar-refractivity contribution in [3.8, 4) is 0 Å². The van der Waals surface area contributed by atoms with Crippen LogP contribution in [0.2, 0.25) is 0 Å². The summed E-state index contributed by atoms with van der Waals surface area (Å²) in [5.74, 6) is 0.980. The molecule has 2 nitrogen and oxygen atoms in total. The molecule has 0 aromatic carbocycles. The number of carbonyl (C=O) groups is 1. The number of carbonyl (C=O) groups excluding carboxylic acids is 1. The summed E-state index contributed by atoms with van der Waals surface area (Å²) in [6.07, 6.45) is 21.1. The fourth-order valence-corrected chi connectivity index (χ4v) is 2.86. The molecule has 2 aliphatic rings. The van der Waals surface area contributed by atoms with Gasteiger partial charge in [0.05, 0.1) is 6.61 Å². The number of Topliss-reactive ketones (excluding diaryl/α,β-unsaturated/α-hetero) is 1. The van der Waals surface area contributed by atoms with Crippen molar-refractivity contribution in [2.24, 2.45) is 0 Å². The van der Waals surface area contributed by atoms with E-state index in [1.807, 2.05) is 18.2 Å². The van der Waals surface area contributed by atoms with Crippen LogP contribution in [0.3, 0.4) is 0 Å². The predicted molar refractivity (Wildman–Crippen MR) is 89.7 cm³/mol. The number of hydrogen-bond donors (Lipinski definition) is 0. The zero-order valence-corrected chi connectivity index (χ0v) is 13.1. The maximum absolute atomic E-state index is 11.0. The molecular weight excluding hydrogens is 280 g/mol. The van der Waals surface area contributed by atoms with Crippen LogP contribution in [0.4, 0.5) is 0 Å². The van der Waals surface area contributed by atoms with Gasteiger partial charge in [-0.1, -0.05) is 54.3 Å². The summed E-state index contributed by atoms with van der Waals surface area (Å²) in [5, 5.41) is 0. The average molecular weight is 300 g/mol. The lowest BCUT2D eigenvalue weighted by molar-refractivity contribution is -0.117. The Kier molecular flexibility index (Phi) is 6.35. The highest BCUT2D eigenvalue weighted by molar-refractivity contribution is 8.06. The van der Waals surface area contributed by atoms with E-state index in [0.717, 1.165) is 18.6 Å². The van der Waals surface area contributed by atoms with Crippen molar-refractivity contribution < 1.29 is 9.53 Å². The normalized spacial score (nSPS) is 17.5. The Bertz CT molecular complexity index is 560. The number of ketones is 1. The fourth-order valence-electron chi connectivity index (χ4n) is 1.87. The molecule has 0 heterocycles. The van der Waals surface area contributed by atoms with Gasteiger partial charge in [0.15, 0.2) is 0 Å². The number of rotatable bonds is 6. The number of ether oxygens (including phenoxy) is 1. The second-order valence-electron chi connectivity index (χ2n) is 4.84. The summed E-state index contributed by atoms with van der Waals surface area (Å²) >= 11 is 1.77. The lowest BCUT2D eigenvalue weighted by atomic mass is 10.3. The molecule has 3 heteroatoms. The third kappa shape index (κ3) is 6.05. The standard InChI is InChI=1S/C18H20O2S/c1-15(19)12-13-20-16-8-6-7-11-18(14-16)21-17-9-4-2-3-5-10-17/h2-6,8-9,11,14H,7,10,12-13H2,1H3. The van der Waals surface area contributed by atoms with E-state index in [-0.39, 0.29) is 5.78 Å². The molecule has 2 aliphatic carbocycles. The first kappa shape index (κ1) is 15.6. The molecule has 110 valence electrons. The van der Waals surface area contributed by atoms with Gasteiger partial charge in [-0.15, -0.1) is 0 Å². The van der Waals surface area contributed by atoms with Crippen LogP contribution in [-0.2, 0) is 9.53 Å². The molecule has 0 radical (unpaired) electrons. The Morgan fingerprint density at radius 2 is 2.19 bits per heavy atom. The summed E-state index contributed by atoms with van der Waals surface area (Å²) in [5.41, 5.74) is 0. The largest absolute Gasteiger partial charge is 0.493 e. The molecule has 0 amide bonds. The third-order valence-corrected chi connectivity index (χ3v) is 4.04. The molecule has 0 atom stereocenters. The van der Waals surface area contributed by atoms with Gasteiger partial charge in [-0.25, -0.2) is 0 Å². The van der Waals surface area contributed by atoms with Crippen molar-refractivity contribution in [1.29, 1.82) is 0 Å². The molecule has 0 N–H and O–H groups in total. The Morgan fingerprint density at radius 1 is 1.29 bits per heavy atom. The Hall–Kier alpha value is -1.74. The minimum absolute atomic E-state index is 0.153. The van der Waals surface area contributed by atoms with E-state index in [1.54, 1.807) is 18.7 Å². The maximum Gasteiger partial charge on any atom is 0.133 e. The topological polar surface area (TPSA) is 26.3 Å². The Labute approximate surface area is 130 Å². The van der Waals surface area contributed by atoms with E-state index in [2.05, 4.69) is 36.5 Å². The lowest BCUT2D eigenvalue weighted by Gasteiger charge is -2.08. The van der Waals surface area contributed by atoms with Gasteiger partial charge >= 0.3 is 0 Å². The van der Waals surface area contributed by atoms with Crippen molar-refractivity contribution in [2.75, 3.05) is 6.61 Å². The number of allylic oxidation sites excluding steroid dienone is 10. The second kappa shape index (κ2) is 8.53. The highest BCUT2D eigenvalue weighted by Gasteiger charge is 2.06. The van der Waals surface area contributed by atoms with Crippen LogP contribution in [0, 0.1) is 0 Å². The molecule has 0 aliphatic heterocycles. The van der Waals surface area contributed by atoms with Crippen molar-refractivity contribution in [1.82, 2.24) is 0 Å². The van der Waals surface area contributed by atoms with Crippen molar-refractivity contribution in [2.45, 2.75) is 26.2 Å². The molecule has 0 aromatic heterocycles. The van der Waals surface area contributed by atoms with E-state index in [9.17, 15) is 4.79 Å². The molecule has 2 rings (SSSR count). The maximum atomic E-state index is 11.0. The first-order valence-electron chi connectivity index (χ1n) is 7.15. The van der Waals surface area contributed by atoms with E-state index < -0.39 is 0 Å². The van der Waals surface area contributed by atoms with E-state index in [0.29, 0.717) is 13.0 Å². The van der Waals surface area contributed by atoms with E-state index >= 15 is 0 Å². The van der Waals surface area contributed by atoms with E-state index in [1.165, 1.54) is 9.81 Å². The van der Waals surface area contributed by atoms with Crippen LogP contribution in [0.25, 0.3) is 0 Å². The van der Waals surface area contributed by atoms with Crippen LogP contribution < -0.4 is 0 Å². The molecular formula is C18H20O2S. The first-order valence-corrected chi connectivity index (χ1v) is 7.96. The van der Waals surface area contributed by atoms with E-state index in [4.69, 9.17) is 4.74 Å². The quantitative estimate of drug-likeness (QED) is 0.702. The first-order chi connectivity index (χ1) is 10.2. The molecule has 0 fully saturated rings. The molecule has 0 saturated heterocycles.